The maximum absolute atomic E-state index is 10.5. The van der Waals surface area contributed by atoms with Crippen LogP contribution >= 0.6 is 0 Å². The lowest BCUT2D eigenvalue weighted by Crippen LogP contribution is -2.20. The SMILES string of the molecule is CC(=O)CCOC(=O)C(C)O. The molecule has 0 heterocycles. The van der Waals surface area contributed by atoms with E-state index in [0.29, 0.717) is 0 Å². The van der Waals surface area contributed by atoms with Crippen molar-refractivity contribution in [3.05, 3.63) is 0 Å². The minimum atomic E-state index is -1.11. The first-order chi connectivity index (χ1) is 5.04. The standard InChI is InChI=1S/C7H12O4/c1-5(8)3-4-11-7(10)6(2)9/h6,9H,3-4H2,1-2H3. The molecule has 64 valence electrons. The first kappa shape index (κ1) is 10.1. The molecule has 0 aliphatic carbocycles. The van der Waals surface area contributed by atoms with Gasteiger partial charge < -0.3 is 9.84 Å². The number of aliphatic hydroxyl groups excluding tert-OH is 1. The van der Waals surface area contributed by atoms with Gasteiger partial charge in [0.15, 0.2) is 0 Å². The van der Waals surface area contributed by atoms with Crippen molar-refractivity contribution < 1.29 is 19.4 Å². The third kappa shape index (κ3) is 5.54. The van der Waals surface area contributed by atoms with E-state index in [1.165, 1.54) is 13.8 Å². The Kier molecular flexibility index (Phi) is 4.45. The fraction of sp³-hybridized carbons (Fsp3) is 0.714. The fourth-order valence-corrected chi connectivity index (χ4v) is 0.416. The summed E-state index contributed by atoms with van der Waals surface area (Å²) in [5.41, 5.74) is 0. The van der Waals surface area contributed by atoms with Crippen molar-refractivity contribution in [2.75, 3.05) is 6.61 Å². The molecule has 0 saturated heterocycles. The van der Waals surface area contributed by atoms with Crippen molar-refractivity contribution in [3.8, 4) is 0 Å². The van der Waals surface area contributed by atoms with Gasteiger partial charge in [0, 0.05) is 6.42 Å². The van der Waals surface area contributed by atoms with E-state index in [0.717, 1.165) is 0 Å². The van der Waals surface area contributed by atoms with Gasteiger partial charge in [0.25, 0.3) is 0 Å². The van der Waals surface area contributed by atoms with Crippen LogP contribution in [0.3, 0.4) is 0 Å². The molecule has 0 aliphatic heterocycles. The Morgan fingerprint density at radius 2 is 2.09 bits per heavy atom. The summed E-state index contributed by atoms with van der Waals surface area (Å²) in [7, 11) is 0. The van der Waals surface area contributed by atoms with E-state index in [1.807, 2.05) is 0 Å². The number of hydrogen-bond acceptors (Lipinski definition) is 4. The Hall–Kier alpha value is -0.900. The van der Waals surface area contributed by atoms with Crippen molar-refractivity contribution >= 4 is 11.8 Å². The summed E-state index contributed by atoms with van der Waals surface area (Å²) < 4.78 is 4.50. The van der Waals surface area contributed by atoms with Gasteiger partial charge in [-0.25, -0.2) is 4.79 Å². The molecule has 4 nitrogen and oxygen atoms in total. The third-order valence-corrected chi connectivity index (χ3v) is 1.04. The van der Waals surface area contributed by atoms with Gasteiger partial charge in [-0.05, 0) is 13.8 Å². The Balaban J connectivity index is 3.39. The number of carbonyl (C=O) groups is 2. The number of hydrogen-bond donors (Lipinski definition) is 1. The van der Waals surface area contributed by atoms with Crippen LogP contribution in [0.5, 0.6) is 0 Å². The molecule has 0 aromatic heterocycles. The van der Waals surface area contributed by atoms with Crippen LogP contribution in [0, 0.1) is 0 Å². The van der Waals surface area contributed by atoms with Gasteiger partial charge in [0.05, 0.1) is 6.61 Å². The summed E-state index contributed by atoms with van der Waals surface area (Å²) in [6.07, 6.45) is -0.902. The van der Waals surface area contributed by atoms with E-state index in [9.17, 15) is 9.59 Å². The zero-order valence-corrected chi connectivity index (χ0v) is 6.66. The number of rotatable bonds is 4. The number of aliphatic hydroxyl groups is 1. The molecule has 0 aromatic carbocycles. The molecule has 4 heteroatoms. The van der Waals surface area contributed by atoms with Crippen LogP contribution in [0.2, 0.25) is 0 Å². The molecule has 0 fully saturated rings. The number of ketones is 1. The minimum absolute atomic E-state index is 0.0385. The zero-order valence-electron chi connectivity index (χ0n) is 6.66. The van der Waals surface area contributed by atoms with E-state index in [-0.39, 0.29) is 18.8 Å². The Labute approximate surface area is 65.2 Å². The minimum Gasteiger partial charge on any atom is -0.463 e. The molecular formula is C7H12O4. The molecule has 0 saturated carbocycles. The highest BCUT2D eigenvalue weighted by Crippen LogP contribution is 1.89. The largest absolute Gasteiger partial charge is 0.463 e. The van der Waals surface area contributed by atoms with Gasteiger partial charge in [-0.1, -0.05) is 0 Å². The Morgan fingerprint density at radius 3 is 2.45 bits per heavy atom. The second-order valence-corrected chi connectivity index (χ2v) is 2.30. The second kappa shape index (κ2) is 4.85. The van der Waals surface area contributed by atoms with Crippen molar-refractivity contribution in [1.29, 1.82) is 0 Å². The summed E-state index contributed by atoms with van der Waals surface area (Å²) in [5.74, 6) is -0.727. The van der Waals surface area contributed by atoms with Crippen molar-refractivity contribution in [2.45, 2.75) is 26.4 Å². The lowest BCUT2D eigenvalue weighted by molar-refractivity contribution is -0.152. The summed E-state index contributed by atoms with van der Waals surface area (Å²) in [5, 5.41) is 8.63. The second-order valence-electron chi connectivity index (χ2n) is 2.30. The molecule has 0 rings (SSSR count). The highest BCUT2D eigenvalue weighted by Gasteiger charge is 2.09. The molecule has 0 bridgehead atoms. The molecule has 1 N–H and O–H groups in total. The average molecular weight is 160 g/mol. The van der Waals surface area contributed by atoms with Crippen LogP contribution in [0.1, 0.15) is 20.3 Å². The summed E-state index contributed by atoms with van der Waals surface area (Å²) in [4.78, 5) is 20.9. The molecular weight excluding hydrogens is 148 g/mol. The fourth-order valence-electron chi connectivity index (χ4n) is 0.416. The van der Waals surface area contributed by atoms with E-state index in [4.69, 9.17) is 5.11 Å². The van der Waals surface area contributed by atoms with Crippen molar-refractivity contribution in [3.63, 3.8) is 0 Å². The van der Waals surface area contributed by atoms with Gasteiger partial charge in [-0.2, -0.15) is 0 Å². The Bertz CT molecular complexity index is 151. The molecule has 1 atom stereocenters. The lowest BCUT2D eigenvalue weighted by Gasteiger charge is -2.04. The monoisotopic (exact) mass is 160 g/mol. The Morgan fingerprint density at radius 1 is 1.55 bits per heavy atom. The molecule has 0 amide bonds. The zero-order chi connectivity index (χ0) is 8.85. The lowest BCUT2D eigenvalue weighted by atomic mass is 10.3. The predicted octanol–water partition coefficient (Wildman–Crippen LogP) is -0.110. The molecule has 0 aliphatic rings. The van der Waals surface area contributed by atoms with Crippen LogP contribution < -0.4 is 0 Å². The summed E-state index contributed by atoms with van der Waals surface area (Å²) >= 11 is 0. The van der Waals surface area contributed by atoms with Gasteiger partial charge in [-0.3, -0.25) is 4.79 Å². The van der Waals surface area contributed by atoms with Crippen LogP contribution in [0.4, 0.5) is 0 Å². The summed E-state index contributed by atoms with van der Waals surface area (Å²) in [6.45, 7) is 2.78. The van der Waals surface area contributed by atoms with Gasteiger partial charge in [0.1, 0.15) is 11.9 Å². The number of esters is 1. The van der Waals surface area contributed by atoms with Crippen LogP contribution in [-0.4, -0.2) is 29.6 Å². The first-order valence-corrected chi connectivity index (χ1v) is 3.38. The van der Waals surface area contributed by atoms with E-state index >= 15 is 0 Å². The molecule has 11 heavy (non-hydrogen) atoms. The van der Waals surface area contributed by atoms with Crippen LogP contribution in [0.25, 0.3) is 0 Å². The number of Topliss-reactive ketones (excluding diaryl/α,β-unsaturated/α-hetero) is 1. The molecule has 0 spiro atoms. The molecule has 0 aromatic rings. The molecule has 1 unspecified atom stereocenters. The number of ether oxygens (including phenoxy) is 1. The normalized spacial score (nSPS) is 12.3. The van der Waals surface area contributed by atoms with Gasteiger partial charge >= 0.3 is 5.97 Å². The number of carbonyl (C=O) groups excluding carboxylic acids is 2. The average Bonchev–Trinajstić information content (AvgIpc) is 1.86. The highest BCUT2D eigenvalue weighted by molar-refractivity contribution is 5.77. The van der Waals surface area contributed by atoms with Crippen LogP contribution in [0.15, 0.2) is 0 Å². The van der Waals surface area contributed by atoms with Gasteiger partial charge in [-0.15, -0.1) is 0 Å². The van der Waals surface area contributed by atoms with E-state index < -0.39 is 12.1 Å². The van der Waals surface area contributed by atoms with Crippen molar-refractivity contribution in [1.82, 2.24) is 0 Å². The predicted molar refractivity (Wildman–Crippen MR) is 37.9 cm³/mol. The maximum atomic E-state index is 10.5. The molecule has 0 radical (unpaired) electrons. The first-order valence-electron chi connectivity index (χ1n) is 3.38. The van der Waals surface area contributed by atoms with Gasteiger partial charge in [0.2, 0.25) is 0 Å². The topological polar surface area (TPSA) is 63.6 Å². The maximum Gasteiger partial charge on any atom is 0.334 e. The van der Waals surface area contributed by atoms with Crippen molar-refractivity contribution in [2.24, 2.45) is 0 Å². The highest BCUT2D eigenvalue weighted by atomic mass is 16.5. The third-order valence-electron chi connectivity index (χ3n) is 1.04. The quantitative estimate of drug-likeness (QED) is 0.583. The smallest absolute Gasteiger partial charge is 0.334 e. The summed E-state index contributed by atoms with van der Waals surface area (Å²) in [6, 6.07) is 0. The van der Waals surface area contributed by atoms with Crippen LogP contribution in [-0.2, 0) is 14.3 Å². The van der Waals surface area contributed by atoms with E-state index in [2.05, 4.69) is 4.74 Å². The van der Waals surface area contributed by atoms with E-state index in [1.54, 1.807) is 0 Å².